The van der Waals surface area contributed by atoms with Crippen molar-refractivity contribution in [1.29, 1.82) is 0 Å². The summed E-state index contributed by atoms with van der Waals surface area (Å²) in [6.07, 6.45) is 3.47. The quantitative estimate of drug-likeness (QED) is 0.814. The van der Waals surface area contributed by atoms with Crippen LogP contribution in [0.4, 0.5) is 0 Å². The molecule has 1 aliphatic carbocycles. The second-order valence-corrected chi connectivity index (χ2v) is 7.99. The van der Waals surface area contributed by atoms with Gasteiger partial charge in [0.05, 0.1) is 4.90 Å². The van der Waals surface area contributed by atoms with Crippen LogP contribution in [0.1, 0.15) is 45.6 Å². The standard InChI is InChI=1S/C16H26N2O2S/c1-12(2)17-11-14-7-9-16(10-8-14)21(19,20)18-13(3)15-5-4-6-15/h7-10,12-13,15,17-18H,4-6,11H2,1-3H3. The predicted octanol–water partition coefficient (Wildman–Crippen LogP) is 2.65. The highest BCUT2D eigenvalue weighted by atomic mass is 32.2. The van der Waals surface area contributed by atoms with Gasteiger partial charge in [-0.15, -0.1) is 0 Å². The van der Waals surface area contributed by atoms with Gasteiger partial charge in [0.25, 0.3) is 0 Å². The van der Waals surface area contributed by atoms with Gasteiger partial charge in [-0.1, -0.05) is 32.4 Å². The van der Waals surface area contributed by atoms with Crippen LogP contribution in [0.3, 0.4) is 0 Å². The van der Waals surface area contributed by atoms with Crippen LogP contribution in [0.5, 0.6) is 0 Å². The molecule has 0 heterocycles. The van der Waals surface area contributed by atoms with Gasteiger partial charge >= 0.3 is 0 Å². The summed E-state index contributed by atoms with van der Waals surface area (Å²) in [6.45, 7) is 6.89. The van der Waals surface area contributed by atoms with Gasteiger partial charge < -0.3 is 5.32 Å². The lowest BCUT2D eigenvalue weighted by Gasteiger charge is -2.31. The molecule has 4 nitrogen and oxygen atoms in total. The summed E-state index contributed by atoms with van der Waals surface area (Å²) in [7, 11) is -3.40. The third-order valence-electron chi connectivity index (χ3n) is 4.15. The molecule has 0 bridgehead atoms. The van der Waals surface area contributed by atoms with Crippen molar-refractivity contribution in [1.82, 2.24) is 10.0 Å². The second-order valence-electron chi connectivity index (χ2n) is 6.28. The average molecular weight is 310 g/mol. The monoisotopic (exact) mass is 310 g/mol. The van der Waals surface area contributed by atoms with Crippen molar-refractivity contribution in [2.24, 2.45) is 5.92 Å². The van der Waals surface area contributed by atoms with Gasteiger partial charge in [-0.2, -0.15) is 0 Å². The van der Waals surface area contributed by atoms with Gasteiger partial charge in [0.15, 0.2) is 0 Å². The lowest BCUT2D eigenvalue weighted by molar-refractivity contribution is 0.260. The SMILES string of the molecule is CC(C)NCc1ccc(S(=O)(=O)NC(C)C2CCC2)cc1. The van der Waals surface area contributed by atoms with Crippen molar-refractivity contribution >= 4 is 10.0 Å². The van der Waals surface area contributed by atoms with Crippen molar-refractivity contribution in [2.75, 3.05) is 0 Å². The largest absolute Gasteiger partial charge is 0.310 e. The first kappa shape index (κ1) is 16.5. The van der Waals surface area contributed by atoms with Gasteiger partial charge in [0.2, 0.25) is 10.0 Å². The maximum Gasteiger partial charge on any atom is 0.240 e. The summed E-state index contributed by atoms with van der Waals surface area (Å²) in [5.41, 5.74) is 1.09. The Morgan fingerprint density at radius 1 is 1.14 bits per heavy atom. The van der Waals surface area contributed by atoms with Crippen LogP contribution >= 0.6 is 0 Å². The number of benzene rings is 1. The molecule has 0 amide bonds. The van der Waals surface area contributed by atoms with Crippen molar-refractivity contribution in [3.63, 3.8) is 0 Å². The lowest BCUT2D eigenvalue weighted by Crippen LogP contribution is -2.40. The van der Waals surface area contributed by atoms with E-state index < -0.39 is 10.0 Å². The Hall–Kier alpha value is -0.910. The minimum atomic E-state index is -3.40. The second kappa shape index (κ2) is 6.90. The fourth-order valence-corrected chi connectivity index (χ4v) is 3.77. The first-order valence-corrected chi connectivity index (χ1v) is 9.21. The van der Waals surface area contributed by atoms with Crippen molar-refractivity contribution in [3.05, 3.63) is 29.8 Å². The summed E-state index contributed by atoms with van der Waals surface area (Å²) < 4.78 is 27.5. The van der Waals surface area contributed by atoms with Crippen molar-refractivity contribution < 1.29 is 8.42 Å². The first-order chi connectivity index (χ1) is 9.88. The van der Waals surface area contributed by atoms with E-state index in [0.717, 1.165) is 24.9 Å². The Labute approximate surface area is 128 Å². The van der Waals surface area contributed by atoms with E-state index in [0.29, 0.717) is 16.9 Å². The topological polar surface area (TPSA) is 58.2 Å². The van der Waals surface area contributed by atoms with E-state index >= 15 is 0 Å². The Balaban J connectivity index is 1.99. The molecule has 1 saturated carbocycles. The van der Waals surface area contributed by atoms with Crippen LogP contribution in [-0.4, -0.2) is 20.5 Å². The summed E-state index contributed by atoms with van der Waals surface area (Å²) in [4.78, 5) is 0.349. The molecule has 1 aromatic carbocycles. The Morgan fingerprint density at radius 3 is 2.24 bits per heavy atom. The number of sulfonamides is 1. The molecule has 1 aliphatic rings. The van der Waals surface area contributed by atoms with E-state index in [1.54, 1.807) is 12.1 Å². The van der Waals surface area contributed by atoms with Gasteiger partial charge in [0.1, 0.15) is 0 Å². The Kier molecular flexibility index (Phi) is 5.41. The molecule has 118 valence electrons. The Morgan fingerprint density at radius 2 is 1.76 bits per heavy atom. The van der Waals surface area contributed by atoms with Crippen LogP contribution in [0, 0.1) is 5.92 Å². The molecule has 21 heavy (non-hydrogen) atoms. The van der Waals surface area contributed by atoms with Crippen molar-refractivity contribution in [2.45, 2.75) is 63.6 Å². The van der Waals surface area contributed by atoms with Crippen LogP contribution in [-0.2, 0) is 16.6 Å². The highest BCUT2D eigenvalue weighted by Gasteiger charge is 2.27. The first-order valence-electron chi connectivity index (χ1n) is 7.73. The third kappa shape index (κ3) is 4.53. The summed E-state index contributed by atoms with van der Waals surface area (Å²) in [6, 6.07) is 7.56. The van der Waals surface area contributed by atoms with Gasteiger partial charge in [0, 0.05) is 18.6 Å². The summed E-state index contributed by atoms with van der Waals surface area (Å²) >= 11 is 0. The average Bonchev–Trinajstić information content (AvgIpc) is 2.34. The zero-order valence-electron chi connectivity index (χ0n) is 13.1. The number of hydrogen-bond acceptors (Lipinski definition) is 3. The molecule has 0 saturated heterocycles. The fourth-order valence-electron chi connectivity index (χ4n) is 2.46. The predicted molar refractivity (Wildman–Crippen MR) is 85.5 cm³/mol. The molecule has 2 N–H and O–H groups in total. The molecule has 0 spiro atoms. The van der Waals surface area contributed by atoms with Gasteiger partial charge in [-0.25, -0.2) is 13.1 Å². The minimum absolute atomic E-state index is 0.0195. The van der Waals surface area contributed by atoms with Crippen LogP contribution in [0.15, 0.2) is 29.2 Å². The Bertz CT molecular complexity index is 548. The number of rotatable bonds is 7. The third-order valence-corrected chi connectivity index (χ3v) is 5.72. The molecule has 0 aromatic heterocycles. The molecule has 1 aromatic rings. The smallest absolute Gasteiger partial charge is 0.240 e. The maximum absolute atomic E-state index is 12.3. The molecular formula is C16H26N2O2S. The normalized spacial score (nSPS) is 17.7. The van der Waals surface area contributed by atoms with E-state index in [9.17, 15) is 8.42 Å². The molecule has 5 heteroatoms. The minimum Gasteiger partial charge on any atom is -0.310 e. The number of hydrogen-bond donors (Lipinski definition) is 2. The van der Waals surface area contributed by atoms with E-state index in [1.807, 2.05) is 19.1 Å². The van der Waals surface area contributed by atoms with Crippen molar-refractivity contribution in [3.8, 4) is 0 Å². The highest BCUT2D eigenvalue weighted by Crippen LogP contribution is 2.30. The molecule has 0 radical (unpaired) electrons. The van der Waals surface area contributed by atoms with Crippen LogP contribution < -0.4 is 10.0 Å². The van der Waals surface area contributed by atoms with Crippen LogP contribution in [0.25, 0.3) is 0 Å². The van der Waals surface area contributed by atoms with Gasteiger partial charge in [-0.3, -0.25) is 0 Å². The highest BCUT2D eigenvalue weighted by molar-refractivity contribution is 7.89. The van der Waals surface area contributed by atoms with E-state index in [2.05, 4.69) is 23.9 Å². The van der Waals surface area contributed by atoms with E-state index in [1.165, 1.54) is 6.42 Å². The zero-order valence-corrected chi connectivity index (χ0v) is 13.9. The molecular weight excluding hydrogens is 284 g/mol. The van der Waals surface area contributed by atoms with E-state index in [-0.39, 0.29) is 6.04 Å². The van der Waals surface area contributed by atoms with E-state index in [4.69, 9.17) is 0 Å². The fraction of sp³-hybridized carbons (Fsp3) is 0.625. The maximum atomic E-state index is 12.3. The summed E-state index contributed by atoms with van der Waals surface area (Å²) in [5.74, 6) is 0.495. The van der Waals surface area contributed by atoms with Crippen LogP contribution in [0.2, 0.25) is 0 Å². The summed E-state index contributed by atoms with van der Waals surface area (Å²) in [5, 5.41) is 3.32. The lowest BCUT2D eigenvalue weighted by atomic mass is 9.81. The molecule has 1 unspecified atom stereocenters. The molecule has 0 aliphatic heterocycles. The molecule has 1 fully saturated rings. The molecule has 2 rings (SSSR count). The number of nitrogens with one attached hydrogen (secondary N) is 2. The zero-order chi connectivity index (χ0) is 15.5. The van der Waals surface area contributed by atoms with Gasteiger partial charge in [-0.05, 0) is 43.4 Å². The molecule has 1 atom stereocenters.